The van der Waals surface area contributed by atoms with Crippen molar-refractivity contribution in [3.05, 3.63) is 72.9 Å². The van der Waals surface area contributed by atoms with Gasteiger partial charge >= 0.3 is 5.97 Å². The Morgan fingerprint density at radius 3 is 1.66 bits per heavy atom. The number of carbonyl (C=O) groups is 2. The molecule has 6 nitrogen and oxygen atoms in total. The lowest BCUT2D eigenvalue weighted by Crippen LogP contribution is -2.46. The van der Waals surface area contributed by atoms with E-state index in [1.165, 1.54) is 51.4 Å². The molecule has 6 heteroatoms. The van der Waals surface area contributed by atoms with Crippen LogP contribution in [-0.2, 0) is 14.3 Å². The molecular weight excluding hydrogens is 695 g/mol. The number of unbranched alkanes of at least 4 members (excludes halogenated alkanes) is 19. The second-order valence-corrected chi connectivity index (χ2v) is 15.5. The summed E-state index contributed by atoms with van der Waals surface area (Å²) in [6.45, 7) is 6.20. The number of aliphatic hydroxyl groups excluding tert-OH is 2. The molecule has 1 amide bonds. The van der Waals surface area contributed by atoms with Gasteiger partial charge in [0.2, 0.25) is 5.91 Å². The smallest absolute Gasteiger partial charge is 0.306 e. The fourth-order valence-corrected chi connectivity index (χ4v) is 6.65. The molecule has 3 unspecified atom stereocenters. The van der Waals surface area contributed by atoms with Crippen molar-refractivity contribution in [2.45, 2.75) is 225 Å². The van der Waals surface area contributed by atoms with E-state index in [0.717, 1.165) is 109 Å². The fourth-order valence-electron chi connectivity index (χ4n) is 6.65. The summed E-state index contributed by atoms with van der Waals surface area (Å²) in [5.41, 5.74) is 0. The largest absolute Gasteiger partial charge is 0.462 e. The number of nitrogens with one attached hydrogen (secondary N) is 1. The summed E-state index contributed by atoms with van der Waals surface area (Å²) in [5, 5.41) is 23.6. The number of allylic oxidation sites excluding steroid dienone is 12. The minimum atomic E-state index is -0.796. The zero-order valence-corrected chi connectivity index (χ0v) is 36.5. The first-order valence-electron chi connectivity index (χ1n) is 23.2. The van der Waals surface area contributed by atoms with E-state index in [1.807, 2.05) is 18.2 Å². The van der Waals surface area contributed by atoms with Crippen LogP contribution in [0.25, 0.3) is 0 Å². The Morgan fingerprint density at radius 1 is 0.554 bits per heavy atom. The van der Waals surface area contributed by atoms with E-state index in [9.17, 15) is 19.8 Å². The molecule has 322 valence electrons. The van der Waals surface area contributed by atoms with Gasteiger partial charge in [-0.25, -0.2) is 0 Å². The van der Waals surface area contributed by atoms with Gasteiger partial charge in [0.15, 0.2) is 0 Å². The highest BCUT2D eigenvalue weighted by atomic mass is 16.5. The summed E-state index contributed by atoms with van der Waals surface area (Å²) in [5.74, 6) is -0.522. The number of rotatable bonds is 40. The fraction of sp³-hybridized carbons (Fsp3) is 0.720. The van der Waals surface area contributed by atoms with Crippen LogP contribution in [0.5, 0.6) is 0 Å². The Balaban J connectivity index is 4.66. The van der Waals surface area contributed by atoms with E-state index < -0.39 is 18.2 Å². The number of hydrogen-bond acceptors (Lipinski definition) is 5. The lowest BCUT2D eigenvalue weighted by Gasteiger charge is -2.24. The molecular formula is C50H87NO5. The SMILES string of the molecule is CC/C=C/C=C/C=C/C=C\CCCCCCCC(=O)OC(CCCCCCC/C=C/C/C=C/CC)CC(=O)NC(CO)C(O)CCCCCCCCCCCC. The topological polar surface area (TPSA) is 95.9 Å². The van der Waals surface area contributed by atoms with Gasteiger partial charge in [0, 0.05) is 6.42 Å². The molecule has 0 spiro atoms. The summed E-state index contributed by atoms with van der Waals surface area (Å²) in [6, 6.07) is -0.712. The second-order valence-electron chi connectivity index (χ2n) is 15.5. The molecule has 0 aromatic rings. The molecule has 0 aliphatic rings. The van der Waals surface area contributed by atoms with Crippen molar-refractivity contribution in [2.24, 2.45) is 0 Å². The predicted molar refractivity (Wildman–Crippen MR) is 241 cm³/mol. The number of carbonyl (C=O) groups excluding carboxylic acids is 2. The molecule has 0 aliphatic heterocycles. The van der Waals surface area contributed by atoms with Gasteiger partial charge in [-0.3, -0.25) is 9.59 Å². The molecule has 0 aromatic heterocycles. The Bertz CT molecular complexity index is 1060. The highest BCUT2D eigenvalue weighted by Crippen LogP contribution is 2.17. The lowest BCUT2D eigenvalue weighted by atomic mass is 10.0. The molecule has 0 radical (unpaired) electrons. The highest BCUT2D eigenvalue weighted by Gasteiger charge is 2.24. The third kappa shape index (κ3) is 38.2. The maximum Gasteiger partial charge on any atom is 0.306 e. The maximum absolute atomic E-state index is 13.1. The van der Waals surface area contributed by atoms with Gasteiger partial charge < -0.3 is 20.3 Å². The molecule has 0 bridgehead atoms. The van der Waals surface area contributed by atoms with Crippen LogP contribution >= 0.6 is 0 Å². The number of aliphatic hydroxyl groups is 2. The van der Waals surface area contributed by atoms with Crippen LogP contribution in [0.1, 0.15) is 207 Å². The molecule has 56 heavy (non-hydrogen) atoms. The van der Waals surface area contributed by atoms with Crippen LogP contribution in [0.3, 0.4) is 0 Å². The Labute approximate surface area is 345 Å². The molecule has 0 saturated heterocycles. The van der Waals surface area contributed by atoms with Gasteiger partial charge in [0.25, 0.3) is 0 Å². The number of esters is 1. The summed E-state index contributed by atoms with van der Waals surface area (Å²) >= 11 is 0. The monoisotopic (exact) mass is 782 g/mol. The lowest BCUT2D eigenvalue weighted by molar-refractivity contribution is -0.151. The van der Waals surface area contributed by atoms with Crippen molar-refractivity contribution in [3.8, 4) is 0 Å². The van der Waals surface area contributed by atoms with Crippen molar-refractivity contribution >= 4 is 11.9 Å². The zero-order chi connectivity index (χ0) is 41.0. The predicted octanol–water partition coefficient (Wildman–Crippen LogP) is 13.4. The third-order valence-electron chi connectivity index (χ3n) is 10.1. The zero-order valence-electron chi connectivity index (χ0n) is 36.5. The first kappa shape index (κ1) is 53.3. The second kappa shape index (κ2) is 43.4. The van der Waals surface area contributed by atoms with Gasteiger partial charge in [0.1, 0.15) is 6.10 Å². The van der Waals surface area contributed by atoms with E-state index >= 15 is 0 Å². The molecule has 0 saturated carbocycles. The van der Waals surface area contributed by atoms with Gasteiger partial charge in [-0.15, -0.1) is 0 Å². The van der Waals surface area contributed by atoms with Crippen molar-refractivity contribution in [2.75, 3.05) is 6.61 Å². The van der Waals surface area contributed by atoms with E-state index in [-0.39, 0.29) is 24.9 Å². The van der Waals surface area contributed by atoms with Crippen molar-refractivity contribution in [1.29, 1.82) is 0 Å². The van der Waals surface area contributed by atoms with Crippen molar-refractivity contribution in [3.63, 3.8) is 0 Å². The maximum atomic E-state index is 13.1. The first-order chi connectivity index (χ1) is 27.5. The number of hydrogen-bond donors (Lipinski definition) is 3. The van der Waals surface area contributed by atoms with Crippen LogP contribution < -0.4 is 5.32 Å². The normalized spacial score (nSPS) is 14.0. The van der Waals surface area contributed by atoms with Gasteiger partial charge in [-0.2, -0.15) is 0 Å². The van der Waals surface area contributed by atoms with E-state index in [0.29, 0.717) is 19.3 Å². The average Bonchev–Trinajstić information content (AvgIpc) is 3.19. The Kier molecular flexibility index (Phi) is 41.3. The quantitative estimate of drug-likeness (QED) is 0.0249. The summed E-state index contributed by atoms with van der Waals surface area (Å²) in [7, 11) is 0. The van der Waals surface area contributed by atoms with Gasteiger partial charge in [-0.05, 0) is 70.6 Å². The molecule has 0 aromatic carbocycles. The Hall–Kier alpha value is -2.70. The van der Waals surface area contributed by atoms with E-state index in [1.54, 1.807) is 0 Å². The molecule has 3 N–H and O–H groups in total. The van der Waals surface area contributed by atoms with Crippen LogP contribution in [-0.4, -0.2) is 46.9 Å². The minimum Gasteiger partial charge on any atom is -0.462 e. The molecule has 0 fully saturated rings. The minimum absolute atomic E-state index is 0.0549. The first-order valence-corrected chi connectivity index (χ1v) is 23.2. The molecule has 0 aliphatic carbocycles. The van der Waals surface area contributed by atoms with E-state index in [2.05, 4.69) is 80.8 Å². The third-order valence-corrected chi connectivity index (χ3v) is 10.1. The summed E-state index contributed by atoms with van der Waals surface area (Å²) in [4.78, 5) is 26.0. The molecule has 0 heterocycles. The number of ether oxygens (including phenoxy) is 1. The molecule has 3 atom stereocenters. The van der Waals surface area contributed by atoms with Crippen LogP contribution in [0.4, 0.5) is 0 Å². The number of amides is 1. The van der Waals surface area contributed by atoms with Crippen molar-refractivity contribution in [1.82, 2.24) is 5.32 Å². The average molecular weight is 782 g/mol. The van der Waals surface area contributed by atoms with Crippen LogP contribution in [0, 0.1) is 0 Å². The highest BCUT2D eigenvalue weighted by molar-refractivity contribution is 5.77. The van der Waals surface area contributed by atoms with Gasteiger partial charge in [0.05, 0.1) is 25.2 Å². The standard InChI is InChI=1S/C50H87NO5/c1-4-7-10-13-16-19-22-24-25-26-28-31-34-37-40-43-50(55)56-46(41-38-35-32-29-27-23-20-17-14-11-8-5-2)44-49(54)51-47(45-52)48(53)42-39-36-33-30-21-18-15-12-9-6-3/h7-8,10-11,13,16-17,19-20,22,24-25,46-48,52-53H,4-6,9,12,14-15,18,21,23,26-45H2,1-3H3,(H,51,54)/b10-7+,11-8+,16-13+,20-17+,22-19+,25-24-. The summed E-state index contributed by atoms with van der Waals surface area (Å²) < 4.78 is 5.89. The molecule has 0 rings (SSSR count). The van der Waals surface area contributed by atoms with Crippen LogP contribution in [0.15, 0.2) is 72.9 Å². The van der Waals surface area contributed by atoms with E-state index in [4.69, 9.17) is 4.74 Å². The summed E-state index contributed by atoms with van der Waals surface area (Å²) in [6.07, 6.45) is 53.9. The van der Waals surface area contributed by atoms with Crippen LogP contribution in [0.2, 0.25) is 0 Å². The Morgan fingerprint density at radius 2 is 1.05 bits per heavy atom. The van der Waals surface area contributed by atoms with Crippen molar-refractivity contribution < 1.29 is 24.5 Å². The van der Waals surface area contributed by atoms with Gasteiger partial charge in [-0.1, -0.05) is 196 Å².